The molecule has 1 aromatic rings. The second-order valence-electron chi connectivity index (χ2n) is 2.13. The van der Waals surface area contributed by atoms with Crippen LogP contribution in [0.5, 0.6) is 0 Å². The normalized spacial score (nSPS) is 9.92. The number of pyridine rings is 1. The molecule has 4 nitrogen and oxygen atoms in total. The first-order valence-electron chi connectivity index (χ1n) is 2.99. The van der Waals surface area contributed by atoms with Crippen LogP contribution in [0.2, 0.25) is 5.02 Å². The summed E-state index contributed by atoms with van der Waals surface area (Å²) >= 11 is 8.65. The number of rotatable bonds is 1. The van der Waals surface area contributed by atoms with E-state index in [2.05, 4.69) is 20.9 Å². The van der Waals surface area contributed by atoms with Gasteiger partial charge in [-0.3, -0.25) is 10.1 Å². The van der Waals surface area contributed by atoms with Crippen molar-refractivity contribution in [3.63, 3.8) is 0 Å². The van der Waals surface area contributed by atoms with Crippen molar-refractivity contribution in [2.45, 2.75) is 6.92 Å². The molecule has 0 amide bonds. The van der Waals surface area contributed by atoms with Crippen molar-refractivity contribution >= 4 is 33.2 Å². The molecule has 0 aromatic carbocycles. The first-order valence-corrected chi connectivity index (χ1v) is 4.16. The van der Waals surface area contributed by atoms with Gasteiger partial charge < -0.3 is 0 Å². The monoisotopic (exact) mass is 250 g/mol. The van der Waals surface area contributed by atoms with Gasteiger partial charge in [-0.15, -0.1) is 0 Å². The van der Waals surface area contributed by atoms with Gasteiger partial charge in [0.1, 0.15) is 9.63 Å². The Hall–Kier alpha value is -0.680. The first-order chi connectivity index (χ1) is 5.54. The lowest BCUT2D eigenvalue weighted by molar-refractivity contribution is -0.385. The van der Waals surface area contributed by atoms with E-state index in [1.165, 1.54) is 6.20 Å². The minimum Gasteiger partial charge on any atom is -0.258 e. The largest absolute Gasteiger partial charge is 0.295 e. The molecule has 0 aliphatic heterocycles. The Kier molecular flexibility index (Phi) is 2.64. The summed E-state index contributed by atoms with van der Waals surface area (Å²) in [6.45, 7) is 1.58. The zero-order valence-electron chi connectivity index (χ0n) is 6.04. The van der Waals surface area contributed by atoms with Gasteiger partial charge in [0.2, 0.25) is 0 Å². The van der Waals surface area contributed by atoms with Gasteiger partial charge in [0.05, 0.1) is 16.7 Å². The molecular weight excluding hydrogens is 247 g/mol. The van der Waals surface area contributed by atoms with Crippen LogP contribution in [0, 0.1) is 17.0 Å². The second kappa shape index (κ2) is 3.37. The van der Waals surface area contributed by atoms with Gasteiger partial charge in [-0.2, -0.15) is 0 Å². The van der Waals surface area contributed by atoms with Crippen molar-refractivity contribution < 1.29 is 4.92 Å². The Morgan fingerprint density at radius 2 is 2.33 bits per heavy atom. The quantitative estimate of drug-likeness (QED) is 0.438. The Morgan fingerprint density at radius 3 is 2.75 bits per heavy atom. The highest BCUT2D eigenvalue weighted by atomic mass is 79.9. The molecule has 0 saturated carbocycles. The summed E-state index contributed by atoms with van der Waals surface area (Å²) in [6.07, 6.45) is 1.25. The van der Waals surface area contributed by atoms with Crippen LogP contribution in [-0.4, -0.2) is 9.91 Å². The van der Waals surface area contributed by atoms with E-state index in [4.69, 9.17) is 11.6 Å². The molecule has 0 unspecified atom stereocenters. The predicted octanol–water partition coefficient (Wildman–Crippen LogP) is 2.71. The maximum atomic E-state index is 10.5. The Morgan fingerprint density at radius 1 is 1.75 bits per heavy atom. The molecule has 0 aliphatic carbocycles. The van der Waals surface area contributed by atoms with Gasteiger partial charge in [-0.1, -0.05) is 11.6 Å². The van der Waals surface area contributed by atoms with Crippen LogP contribution in [0.25, 0.3) is 0 Å². The predicted molar refractivity (Wildman–Crippen MR) is 48.3 cm³/mol. The van der Waals surface area contributed by atoms with Crippen LogP contribution in [0.3, 0.4) is 0 Å². The number of nitro groups is 1. The topological polar surface area (TPSA) is 56.0 Å². The number of hydrogen-bond donors (Lipinski definition) is 0. The molecule has 1 aromatic heterocycles. The molecule has 64 valence electrons. The molecule has 0 radical (unpaired) electrons. The summed E-state index contributed by atoms with van der Waals surface area (Å²) in [4.78, 5) is 13.7. The highest BCUT2D eigenvalue weighted by Crippen LogP contribution is 2.30. The van der Waals surface area contributed by atoms with E-state index in [9.17, 15) is 10.1 Å². The molecule has 0 fully saturated rings. The Balaban J connectivity index is 3.43. The summed E-state index contributed by atoms with van der Waals surface area (Å²) in [5, 5.41) is 10.5. The van der Waals surface area contributed by atoms with Crippen LogP contribution < -0.4 is 0 Å². The average Bonchev–Trinajstić information content (AvgIpc) is 1.97. The highest BCUT2D eigenvalue weighted by Gasteiger charge is 2.18. The van der Waals surface area contributed by atoms with Gasteiger partial charge >= 0.3 is 0 Å². The van der Waals surface area contributed by atoms with Crippen molar-refractivity contribution in [3.8, 4) is 0 Å². The fourth-order valence-corrected chi connectivity index (χ4v) is 1.32. The van der Waals surface area contributed by atoms with Gasteiger partial charge in [0.25, 0.3) is 5.69 Å². The standard InChI is InChI=1S/C6H4BrClN2O2/c1-3-5(10(11)12)4(8)2-9-6(3)7/h2H,1H3. The van der Waals surface area contributed by atoms with E-state index in [-0.39, 0.29) is 10.7 Å². The summed E-state index contributed by atoms with van der Waals surface area (Å²) in [5.41, 5.74) is 0.339. The minimum absolute atomic E-state index is 0.0562. The third kappa shape index (κ3) is 1.56. The summed E-state index contributed by atoms with van der Waals surface area (Å²) < 4.78 is 0.443. The Labute approximate surface area is 81.8 Å². The molecule has 1 heterocycles. The second-order valence-corrected chi connectivity index (χ2v) is 3.29. The first kappa shape index (κ1) is 9.41. The third-order valence-corrected chi connectivity index (χ3v) is 2.44. The van der Waals surface area contributed by atoms with Crippen molar-refractivity contribution in [1.29, 1.82) is 0 Å². The van der Waals surface area contributed by atoms with E-state index < -0.39 is 4.92 Å². The van der Waals surface area contributed by atoms with E-state index in [1.54, 1.807) is 6.92 Å². The molecule has 0 aliphatic rings. The van der Waals surface area contributed by atoms with Crippen molar-refractivity contribution in [2.24, 2.45) is 0 Å². The zero-order valence-corrected chi connectivity index (χ0v) is 8.39. The third-order valence-electron chi connectivity index (χ3n) is 1.36. The van der Waals surface area contributed by atoms with E-state index in [0.717, 1.165) is 0 Å². The van der Waals surface area contributed by atoms with Crippen molar-refractivity contribution in [3.05, 3.63) is 31.5 Å². The van der Waals surface area contributed by atoms with Gasteiger partial charge in [0.15, 0.2) is 0 Å². The summed E-state index contributed by atoms with van der Waals surface area (Å²) in [7, 11) is 0. The van der Waals surface area contributed by atoms with Crippen molar-refractivity contribution in [1.82, 2.24) is 4.98 Å². The maximum absolute atomic E-state index is 10.5. The van der Waals surface area contributed by atoms with Gasteiger partial charge in [0, 0.05) is 0 Å². The summed E-state index contributed by atoms with van der Waals surface area (Å²) in [6, 6.07) is 0. The fraction of sp³-hybridized carbons (Fsp3) is 0.167. The van der Waals surface area contributed by atoms with Crippen LogP contribution >= 0.6 is 27.5 Å². The fourth-order valence-electron chi connectivity index (χ4n) is 0.772. The van der Waals surface area contributed by atoms with Crippen LogP contribution in [0.4, 0.5) is 5.69 Å². The maximum Gasteiger partial charge on any atom is 0.295 e. The minimum atomic E-state index is -0.524. The number of nitrogens with zero attached hydrogens (tertiary/aromatic N) is 2. The van der Waals surface area contributed by atoms with Crippen molar-refractivity contribution in [2.75, 3.05) is 0 Å². The molecule has 0 N–H and O–H groups in total. The molecule has 0 spiro atoms. The van der Waals surface area contributed by atoms with Crippen LogP contribution in [0.1, 0.15) is 5.56 Å². The smallest absolute Gasteiger partial charge is 0.258 e. The molecule has 0 atom stereocenters. The van der Waals surface area contributed by atoms with E-state index in [0.29, 0.717) is 10.2 Å². The lowest BCUT2D eigenvalue weighted by Gasteiger charge is -1.99. The highest BCUT2D eigenvalue weighted by molar-refractivity contribution is 9.10. The number of halogens is 2. The Bertz CT molecular complexity index is 343. The average molecular weight is 251 g/mol. The molecule has 6 heteroatoms. The number of hydrogen-bond acceptors (Lipinski definition) is 3. The SMILES string of the molecule is Cc1c(Br)ncc(Cl)c1[N+](=O)[O-]. The summed E-state index contributed by atoms with van der Waals surface area (Å²) in [5.74, 6) is 0. The molecule has 1 rings (SSSR count). The van der Waals surface area contributed by atoms with Gasteiger partial charge in [-0.25, -0.2) is 4.98 Å². The molecule has 12 heavy (non-hydrogen) atoms. The van der Waals surface area contributed by atoms with Gasteiger partial charge in [-0.05, 0) is 22.9 Å². The lowest BCUT2D eigenvalue weighted by atomic mass is 10.3. The van der Waals surface area contributed by atoms with E-state index in [1.807, 2.05) is 0 Å². The van der Waals surface area contributed by atoms with Crippen LogP contribution in [-0.2, 0) is 0 Å². The van der Waals surface area contributed by atoms with E-state index >= 15 is 0 Å². The molecule has 0 bridgehead atoms. The zero-order chi connectivity index (χ0) is 9.30. The lowest BCUT2D eigenvalue weighted by Crippen LogP contribution is -1.95. The number of aromatic nitrogens is 1. The molecule has 0 saturated heterocycles. The molecular formula is C6H4BrClN2O2. The van der Waals surface area contributed by atoms with Crippen LogP contribution in [0.15, 0.2) is 10.8 Å².